The summed E-state index contributed by atoms with van der Waals surface area (Å²) in [5.41, 5.74) is 0. The van der Waals surface area contributed by atoms with Crippen LogP contribution in [0, 0.1) is 0 Å². The number of carbonyl (C=O) groups is 2. The first-order valence-corrected chi connectivity index (χ1v) is 13.4. The van der Waals surface area contributed by atoms with Crippen LogP contribution in [-0.4, -0.2) is 36.4 Å². The maximum atomic E-state index is 11.9. The number of esters is 2. The average molecular weight is 489 g/mol. The van der Waals surface area contributed by atoms with E-state index in [1.807, 2.05) is 54.7 Å². The Labute approximate surface area is 213 Å². The maximum absolute atomic E-state index is 11.9. The lowest BCUT2D eigenvalue weighted by atomic mass is 10.1. The quantitative estimate of drug-likeness (QED) is 0.0981. The maximum Gasteiger partial charge on any atom is 0.306 e. The van der Waals surface area contributed by atoms with Crippen LogP contribution in [0.25, 0.3) is 0 Å². The van der Waals surface area contributed by atoms with Crippen molar-refractivity contribution in [1.29, 1.82) is 0 Å². The highest BCUT2D eigenvalue weighted by Gasteiger charge is 2.15. The van der Waals surface area contributed by atoms with E-state index in [0.29, 0.717) is 12.8 Å². The van der Waals surface area contributed by atoms with Crippen LogP contribution in [0.3, 0.4) is 0 Å². The molecule has 5 heteroatoms. The van der Waals surface area contributed by atoms with Crippen LogP contribution in [0.15, 0.2) is 60.8 Å². The zero-order valence-electron chi connectivity index (χ0n) is 22.0. The van der Waals surface area contributed by atoms with Gasteiger partial charge in [-0.25, -0.2) is 0 Å². The Hall–Kier alpha value is -2.40. The zero-order chi connectivity index (χ0) is 25.8. The molecule has 1 unspecified atom stereocenters. The number of aliphatic hydroxyl groups excluding tert-OH is 1. The molecule has 0 aromatic heterocycles. The normalized spacial score (nSPS) is 13.1. The van der Waals surface area contributed by atoms with E-state index in [1.165, 1.54) is 32.1 Å². The van der Waals surface area contributed by atoms with Gasteiger partial charge in [0.2, 0.25) is 0 Å². The van der Waals surface area contributed by atoms with E-state index >= 15 is 0 Å². The van der Waals surface area contributed by atoms with E-state index in [-0.39, 0.29) is 31.6 Å². The smallest absolute Gasteiger partial charge is 0.306 e. The third-order valence-corrected chi connectivity index (χ3v) is 5.20. The molecule has 0 bridgehead atoms. The Morgan fingerprint density at radius 1 is 0.686 bits per heavy atom. The van der Waals surface area contributed by atoms with E-state index in [0.717, 1.165) is 32.1 Å². The van der Waals surface area contributed by atoms with Crippen LogP contribution >= 0.6 is 0 Å². The van der Waals surface area contributed by atoms with Gasteiger partial charge in [-0.1, -0.05) is 120 Å². The van der Waals surface area contributed by atoms with E-state index in [4.69, 9.17) is 9.47 Å². The Balaban J connectivity index is 3.83. The molecule has 0 aromatic carbocycles. The number of carbonyl (C=O) groups excluding carboxylic acids is 2. The Kier molecular flexibility index (Phi) is 24.4. The summed E-state index contributed by atoms with van der Waals surface area (Å²) < 4.78 is 10.4. The molecular formula is C30H48O5. The molecule has 5 nitrogen and oxygen atoms in total. The lowest BCUT2D eigenvalue weighted by Gasteiger charge is -2.15. The number of ether oxygens (including phenoxy) is 2. The topological polar surface area (TPSA) is 72.8 Å². The molecule has 198 valence electrons. The molecule has 0 amide bonds. The molecule has 0 aliphatic carbocycles. The number of allylic oxidation sites excluding steroid dienone is 10. The number of unbranched alkanes of at least 4 members (excludes halogenated alkanes) is 8. The molecule has 0 spiro atoms. The van der Waals surface area contributed by atoms with Gasteiger partial charge < -0.3 is 14.6 Å². The summed E-state index contributed by atoms with van der Waals surface area (Å²) in [6, 6.07) is 0. The molecular weight excluding hydrogens is 440 g/mol. The van der Waals surface area contributed by atoms with Gasteiger partial charge in [0, 0.05) is 12.8 Å². The van der Waals surface area contributed by atoms with E-state index < -0.39 is 6.10 Å². The van der Waals surface area contributed by atoms with Crippen molar-refractivity contribution in [2.24, 2.45) is 0 Å². The van der Waals surface area contributed by atoms with Crippen LogP contribution in [0.4, 0.5) is 0 Å². The first-order valence-electron chi connectivity index (χ1n) is 13.4. The minimum absolute atomic E-state index is 0.105. The second-order valence-corrected chi connectivity index (χ2v) is 8.51. The van der Waals surface area contributed by atoms with Crippen LogP contribution in [0.2, 0.25) is 0 Å². The molecule has 0 heterocycles. The first-order chi connectivity index (χ1) is 17.1. The summed E-state index contributed by atoms with van der Waals surface area (Å²) in [6.07, 6.45) is 31.4. The molecule has 0 radical (unpaired) electrons. The minimum Gasteiger partial charge on any atom is -0.462 e. The molecule has 0 aliphatic rings. The van der Waals surface area contributed by atoms with Crippen LogP contribution in [-0.2, 0) is 19.1 Å². The second kappa shape index (κ2) is 26.2. The molecule has 35 heavy (non-hydrogen) atoms. The summed E-state index contributed by atoms with van der Waals surface area (Å²) in [7, 11) is 0. The summed E-state index contributed by atoms with van der Waals surface area (Å²) in [5, 5.41) is 9.40. The number of hydrogen-bond acceptors (Lipinski definition) is 5. The Morgan fingerprint density at radius 2 is 1.23 bits per heavy atom. The standard InChI is InChI=1S/C30H48O5/c1-3-5-7-9-11-13-14-15-16-17-19-20-22-24-29(32)34-27-28(26-31)35-30(33)25-23-21-18-12-10-8-6-4-2/h5,7,9,11,13-17,19,28,31H,3-4,6,8,10,12,18,20-27H2,1-2H3/b7-5+,11-9+,14-13+,16-15+,19-17+. The van der Waals surface area contributed by atoms with Crippen LogP contribution < -0.4 is 0 Å². The van der Waals surface area contributed by atoms with Gasteiger partial charge in [0.25, 0.3) is 0 Å². The number of rotatable bonds is 22. The Bertz CT molecular complexity index is 658. The molecule has 0 aromatic rings. The Morgan fingerprint density at radius 3 is 1.83 bits per heavy atom. The van der Waals surface area contributed by atoms with Crippen LogP contribution in [0.5, 0.6) is 0 Å². The van der Waals surface area contributed by atoms with Crippen LogP contribution in [0.1, 0.15) is 97.3 Å². The predicted octanol–water partition coefficient (Wildman–Crippen LogP) is 7.33. The summed E-state index contributed by atoms with van der Waals surface area (Å²) >= 11 is 0. The van der Waals surface area contributed by atoms with Gasteiger partial charge in [-0.05, 0) is 25.7 Å². The minimum atomic E-state index is -0.795. The summed E-state index contributed by atoms with van der Waals surface area (Å²) in [4.78, 5) is 23.8. The van der Waals surface area contributed by atoms with Gasteiger partial charge in [-0.3, -0.25) is 9.59 Å². The predicted molar refractivity (Wildman–Crippen MR) is 145 cm³/mol. The van der Waals surface area contributed by atoms with E-state index in [1.54, 1.807) is 0 Å². The molecule has 1 N–H and O–H groups in total. The molecule has 1 atom stereocenters. The zero-order valence-corrected chi connectivity index (χ0v) is 22.0. The van der Waals surface area contributed by atoms with Gasteiger partial charge in [0.15, 0.2) is 6.10 Å². The van der Waals surface area contributed by atoms with Gasteiger partial charge >= 0.3 is 11.9 Å². The average Bonchev–Trinajstić information content (AvgIpc) is 2.86. The molecule has 0 saturated carbocycles. The lowest BCUT2D eigenvalue weighted by molar-refractivity contribution is -0.161. The fraction of sp³-hybridized carbons (Fsp3) is 0.600. The van der Waals surface area contributed by atoms with Crippen molar-refractivity contribution in [3.63, 3.8) is 0 Å². The molecule has 0 fully saturated rings. The van der Waals surface area contributed by atoms with Crippen molar-refractivity contribution in [2.75, 3.05) is 13.2 Å². The van der Waals surface area contributed by atoms with Crippen molar-refractivity contribution in [2.45, 2.75) is 103 Å². The molecule has 0 saturated heterocycles. The van der Waals surface area contributed by atoms with Gasteiger partial charge in [-0.15, -0.1) is 0 Å². The SMILES string of the molecule is CC/C=C/C=C/C=C/C=C/C=C/CCCC(=O)OCC(CO)OC(=O)CCCCCCCCCC. The first kappa shape index (κ1) is 32.6. The fourth-order valence-electron chi connectivity index (χ4n) is 3.17. The monoisotopic (exact) mass is 488 g/mol. The molecule has 0 rings (SSSR count). The number of aliphatic hydroxyl groups is 1. The summed E-state index contributed by atoms with van der Waals surface area (Å²) in [6.45, 7) is 3.85. The second-order valence-electron chi connectivity index (χ2n) is 8.51. The fourth-order valence-corrected chi connectivity index (χ4v) is 3.17. The highest BCUT2D eigenvalue weighted by Crippen LogP contribution is 2.10. The lowest BCUT2D eigenvalue weighted by Crippen LogP contribution is -2.28. The van der Waals surface area contributed by atoms with Crippen molar-refractivity contribution in [1.82, 2.24) is 0 Å². The van der Waals surface area contributed by atoms with E-state index in [2.05, 4.69) is 19.9 Å². The van der Waals surface area contributed by atoms with Crippen molar-refractivity contribution in [3.05, 3.63) is 60.8 Å². The van der Waals surface area contributed by atoms with Gasteiger partial charge in [0.05, 0.1) is 6.61 Å². The van der Waals surface area contributed by atoms with E-state index in [9.17, 15) is 14.7 Å². The summed E-state index contributed by atoms with van der Waals surface area (Å²) in [5.74, 6) is -0.693. The highest BCUT2D eigenvalue weighted by atomic mass is 16.6. The van der Waals surface area contributed by atoms with Gasteiger partial charge in [-0.2, -0.15) is 0 Å². The largest absolute Gasteiger partial charge is 0.462 e. The highest BCUT2D eigenvalue weighted by molar-refractivity contribution is 5.70. The van der Waals surface area contributed by atoms with Gasteiger partial charge in [0.1, 0.15) is 6.61 Å². The number of hydrogen-bond donors (Lipinski definition) is 1. The third-order valence-electron chi connectivity index (χ3n) is 5.20. The third kappa shape index (κ3) is 24.5. The molecule has 0 aliphatic heterocycles. The van der Waals surface area contributed by atoms with Crippen molar-refractivity contribution < 1.29 is 24.2 Å². The van der Waals surface area contributed by atoms with Crippen molar-refractivity contribution >= 4 is 11.9 Å². The van der Waals surface area contributed by atoms with Crippen molar-refractivity contribution in [3.8, 4) is 0 Å².